The summed E-state index contributed by atoms with van der Waals surface area (Å²) in [5.41, 5.74) is 4.24. The molecule has 1 heterocycles. The predicted octanol–water partition coefficient (Wildman–Crippen LogP) is 6.43. The minimum atomic E-state index is 0.925. The van der Waals surface area contributed by atoms with Gasteiger partial charge in [-0.2, -0.15) is 8.75 Å². The zero-order chi connectivity index (χ0) is 16.1. The normalized spacial score (nSPS) is 11.5. The fourth-order valence-corrected chi connectivity index (χ4v) is 4.44. The largest absolute Gasteiger partial charge is 0.172 e. The number of hydrogen-bond donors (Lipinski definition) is 0. The van der Waals surface area contributed by atoms with Crippen molar-refractivity contribution in [1.82, 2.24) is 8.75 Å². The van der Waals surface area contributed by atoms with Crippen molar-refractivity contribution in [2.24, 2.45) is 0 Å². The number of hydrogen-bond acceptors (Lipinski definition) is 3. The lowest BCUT2D eigenvalue weighted by Crippen LogP contribution is -1.87. The highest BCUT2D eigenvalue weighted by molar-refractivity contribution is 9.10. The van der Waals surface area contributed by atoms with Crippen molar-refractivity contribution in [2.45, 2.75) is 0 Å². The monoisotopic (exact) mass is 390 g/mol. The van der Waals surface area contributed by atoms with Crippen molar-refractivity contribution in [1.29, 1.82) is 0 Å². The molecule has 0 spiro atoms. The van der Waals surface area contributed by atoms with Crippen molar-refractivity contribution in [3.05, 3.63) is 71.2 Å². The molecule has 0 aliphatic rings. The fourth-order valence-electron chi connectivity index (χ4n) is 3.34. The molecule has 0 atom stereocenters. The Morgan fingerprint density at radius 2 is 1.33 bits per heavy atom. The van der Waals surface area contributed by atoms with Gasteiger partial charge in [-0.05, 0) is 55.2 Å². The van der Waals surface area contributed by atoms with Gasteiger partial charge in [0, 0.05) is 10.0 Å². The number of rotatable bonds is 1. The van der Waals surface area contributed by atoms with E-state index in [4.69, 9.17) is 0 Å². The van der Waals surface area contributed by atoms with Crippen molar-refractivity contribution < 1.29 is 0 Å². The summed E-state index contributed by atoms with van der Waals surface area (Å²) in [6.45, 7) is 0. The standard InChI is InChI=1S/C20H11BrN2S/c21-17-10-9-16(19-20(17)23-24-22-19)18-14-7-3-1-5-12(14)11-13-6-2-4-8-15(13)18/h1-11H. The first-order chi connectivity index (χ1) is 11.8. The van der Waals surface area contributed by atoms with Gasteiger partial charge < -0.3 is 0 Å². The van der Waals surface area contributed by atoms with Crippen molar-refractivity contribution in [2.75, 3.05) is 0 Å². The summed E-state index contributed by atoms with van der Waals surface area (Å²) in [6, 6.07) is 23.5. The van der Waals surface area contributed by atoms with Gasteiger partial charge in [-0.15, -0.1) is 0 Å². The maximum Gasteiger partial charge on any atom is 0.119 e. The van der Waals surface area contributed by atoms with E-state index in [1.54, 1.807) is 0 Å². The zero-order valence-corrected chi connectivity index (χ0v) is 14.9. The van der Waals surface area contributed by atoms with Gasteiger partial charge in [-0.3, -0.25) is 0 Å². The molecule has 0 unspecified atom stereocenters. The van der Waals surface area contributed by atoms with Gasteiger partial charge in [0.15, 0.2) is 0 Å². The molecule has 0 amide bonds. The quantitative estimate of drug-likeness (QED) is 0.308. The summed E-state index contributed by atoms with van der Waals surface area (Å²) in [5.74, 6) is 0. The van der Waals surface area contributed by atoms with Crippen molar-refractivity contribution in [3.63, 3.8) is 0 Å². The molecule has 0 bridgehead atoms. The molecular weight excluding hydrogens is 380 g/mol. The third-order valence-electron chi connectivity index (χ3n) is 4.41. The molecule has 4 heteroatoms. The Balaban J connectivity index is 2.03. The van der Waals surface area contributed by atoms with Crippen LogP contribution < -0.4 is 0 Å². The van der Waals surface area contributed by atoms with E-state index in [1.807, 2.05) is 0 Å². The molecule has 5 rings (SSSR count). The van der Waals surface area contributed by atoms with E-state index in [2.05, 4.69) is 91.4 Å². The Labute approximate surface area is 151 Å². The Bertz CT molecular complexity index is 1170. The van der Waals surface area contributed by atoms with E-state index < -0.39 is 0 Å². The average Bonchev–Trinajstić information content (AvgIpc) is 3.11. The fraction of sp³-hybridized carbons (Fsp3) is 0. The number of fused-ring (bicyclic) bond motifs is 3. The van der Waals surface area contributed by atoms with E-state index in [-0.39, 0.29) is 0 Å². The molecule has 0 saturated heterocycles. The van der Waals surface area contributed by atoms with Gasteiger partial charge in [0.05, 0.1) is 11.7 Å². The van der Waals surface area contributed by atoms with Crippen LogP contribution in [0.25, 0.3) is 43.7 Å². The first-order valence-electron chi connectivity index (χ1n) is 7.64. The summed E-state index contributed by atoms with van der Waals surface area (Å²) in [6.07, 6.45) is 0. The number of nitrogens with zero attached hydrogens (tertiary/aromatic N) is 2. The van der Waals surface area contributed by atoms with Crippen LogP contribution in [0.3, 0.4) is 0 Å². The second-order valence-electron chi connectivity index (χ2n) is 5.75. The number of benzene rings is 4. The van der Waals surface area contributed by atoms with Gasteiger partial charge in [-0.1, -0.05) is 54.6 Å². The van der Waals surface area contributed by atoms with E-state index in [9.17, 15) is 0 Å². The van der Waals surface area contributed by atoms with Crippen LogP contribution >= 0.6 is 27.7 Å². The zero-order valence-electron chi connectivity index (χ0n) is 12.5. The van der Waals surface area contributed by atoms with Crippen LogP contribution in [0.5, 0.6) is 0 Å². The van der Waals surface area contributed by atoms with Crippen LogP contribution in [0.4, 0.5) is 0 Å². The molecule has 114 valence electrons. The average molecular weight is 391 g/mol. The SMILES string of the molecule is Brc1ccc(-c2c3ccccc3cc3ccccc23)c2nsnc12. The van der Waals surface area contributed by atoms with Crippen LogP contribution in [-0.2, 0) is 0 Å². The first-order valence-corrected chi connectivity index (χ1v) is 9.17. The van der Waals surface area contributed by atoms with Crippen LogP contribution in [0.15, 0.2) is 71.2 Å². The molecule has 0 fully saturated rings. The first kappa shape index (κ1) is 14.1. The molecule has 0 radical (unpaired) electrons. The number of halogens is 1. The lowest BCUT2D eigenvalue weighted by molar-refractivity contribution is 1.60. The van der Waals surface area contributed by atoms with Gasteiger partial charge >= 0.3 is 0 Å². The minimum absolute atomic E-state index is 0.925. The summed E-state index contributed by atoms with van der Waals surface area (Å²) >= 11 is 4.84. The van der Waals surface area contributed by atoms with Crippen molar-refractivity contribution >= 4 is 60.2 Å². The minimum Gasteiger partial charge on any atom is -0.172 e. The van der Waals surface area contributed by atoms with Crippen LogP contribution in [0, 0.1) is 0 Å². The topological polar surface area (TPSA) is 25.8 Å². The maximum absolute atomic E-state index is 4.57. The molecule has 2 nitrogen and oxygen atoms in total. The highest BCUT2D eigenvalue weighted by Crippen LogP contribution is 2.40. The van der Waals surface area contributed by atoms with Gasteiger partial charge in [0.2, 0.25) is 0 Å². The molecule has 0 aliphatic heterocycles. The summed E-state index contributed by atoms with van der Waals surface area (Å²) in [7, 11) is 0. The Morgan fingerprint density at radius 3 is 2.04 bits per heavy atom. The van der Waals surface area contributed by atoms with Crippen LogP contribution in [0.2, 0.25) is 0 Å². The maximum atomic E-state index is 4.57. The molecule has 5 aromatic rings. The molecule has 0 saturated carbocycles. The van der Waals surface area contributed by atoms with Crippen molar-refractivity contribution in [3.8, 4) is 11.1 Å². The third-order valence-corrected chi connectivity index (χ3v) is 5.58. The highest BCUT2D eigenvalue weighted by Gasteiger charge is 2.15. The van der Waals surface area contributed by atoms with E-state index in [1.165, 1.54) is 38.8 Å². The van der Waals surface area contributed by atoms with Gasteiger partial charge in [0.25, 0.3) is 0 Å². The summed E-state index contributed by atoms with van der Waals surface area (Å²) < 4.78 is 10.0. The second-order valence-corrected chi connectivity index (χ2v) is 7.13. The smallest absolute Gasteiger partial charge is 0.119 e. The molecule has 0 N–H and O–H groups in total. The molecular formula is C20H11BrN2S. The third kappa shape index (κ3) is 2.00. The number of aromatic nitrogens is 2. The Kier molecular flexibility index (Phi) is 3.15. The molecule has 0 aliphatic carbocycles. The highest BCUT2D eigenvalue weighted by atomic mass is 79.9. The van der Waals surface area contributed by atoms with Crippen LogP contribution in [-0.4, -0.2) is 8.75 Å². The molecule has 4 aromatic carbocycles. The van der Waals surface area contributed by atoms with Gasteiger partial charge in [0.1, 0.15) is 11.0 Å². The van der Waals surface area contributed by atoms with E-state index >= 15 is 0 Å². The van der Waals surface area contributed by atoms with Gasteiger partial charge in [-0.25, -0.2) is 0 Å². The van der Waals surface area contributed by atoms with E-state index in [0.717, 1.165) is 21.1 Å². The lowest BCUT2D eigenvalue weighted by Gasteiger charge is -2.12. The molecule has 1 aromatic heterocycles. The second kappa shape index (κ2) is 5.36. The Morgan fingerprint density at radius 1 is 0.708 bits per heavy atom. The predicted molar refractivity (Wildman–Crippen MR) is 106 cm³/mol. The lowest BCUT2D eigenvalue weighted by atomic mass is 9.91. The Hall–Kier alpha value is -2.30. The van der Waals surface area contributed by atoms with E-state index in [0.29, 0.717) is 0 Å². The molecule has 24 heavy (non-hydrogen) atoms. The van der Waals surface area contributed by atoms with Crippen LogP contribution in [0.1, 0.15) is 0 Å². The summed E-state index contributed by atoms with van der Waals surface area (Å²) in [5, 5.41) is 4.97. The summed E-state index contributed by atoms with van der Waals surface area (Å²) in [4.78, 5) is 0.